The number of piperazine rings is 1. The molecule has 0 radical (unpaired) electrons. The molecule has 124 valence electrons. The van der Waals surface area contributed by atoms with E-state index in [1.54, 1.807) is 12.0 Å². The van der Waals surface area contributed by atoms with Gasteiger partial charge in [0.1, 0.15) is 0 Å². The van der Waals surface area contributed by atoms with Gasteiger partial charge >= 0.3 is 0 Å². The van der Waals surface area contributed by atoms with Gasteiger partial charge in [0.25, 0.3) is 0 Å². The zero-order chi connectivity index (χ0) is 16.3. The number of halogens is 2. The van der Waals surface area contributed by atoms with Crippen LogP contribution >= 0.6 is 34.2 Å². The smallest absolute Gasteiger partial charge is 0.246 e. The molecule has 5 nitrogen and oxygen atoms in total. The average Bonchev–Trinajstić information content (AvgIpc) is 2.55. The third-order valence-corrected chi connectivity index (χ3v) is 6.76. The van der Waals surface area contributed by atoms with Gasteiger partial charge in [-0.1, -0.05) is 29.2 Å². The average molecular weight is 441 g/mol. The molecule has 22 heavy (non-hydrogen) atoms. The molecule has 4 unspecified atom stereocenters. The van der Waals surface area contributed by atoms with Crippen LogP contribution in [0.2, 0.25) is 0 Å². The lowest BCUT2D eigenvalue weighted by Crippen LogP contribution is -2.54. The Bertz CT molecular complexity index is 441. The predicted octanol–water partition coefficient (Wildman–Crippen LogP) is 1.68. The fourth-order valence-corrected chi connectivity index (χ4v) is 4.23. The summed E-state index contributed by atoms with van der Waals surface area (Å²) in [4.78, 5) is 28.0. The van der Waals surface area contributed by atoms with Crippen LogP contribution in [0.1, 0.15) is 12.8 Å². The normalized spacial score (nSPS) is 32.7. The summed E-state index contributed by atoms with van der Waals surface area (Å²) < 4.78 is 5.78. The standard InChI is InChI=1S/C15H22ClIN2O3/c1-3-14(20)18-4-6-19(7-5-18)15(21)10-8-12(17)11(16)9-13(10)22-2/h3,10-13H,1,4-9H2,2H3. The molecule has 2 rings (SSSR count). The van der Waals surface area contributed by atoms with Crippen molar-refractivity contribution in [2.24, 2.45) is 5.92 Å². The summed E-state index contributed by atoms with van der Waals surface area (Å²) in [7, 11) is 1.64. The molecular weight excluding hydrogens is 419 g/mol. The summed E-state index contributed by atoms with van der Waals surface area (Å²) in [5.41, 5.74) is 0. The minimum atomic E-state index is -0.136. The van der Waals surface area contributed by atoms with Crippen LogP contribution in [0.5, 0.6) is 0 Å². The zero-order valence-corrected chi connectivity index (χ0v) is 15.6. The van der Waals surface area contributed by atoms with Crippen molar-refractivity contribution in [1.82, 2.24) is 9.80 Å². The first-order valence-corrected chi connectivity index (χ1v) is 9.17. The molecule has 1 saturated carbocycles. The first kappa shape index (κ1) is 18.0. The third kappa shape index (κ3) is 3.94. The molecule has 1 aliphatic heterocycles. The molecule has 0 spiro atoms. The Morgan fingerprint density at radius 1 is 1.23 bits per heavy atom. The van der Waals surface area contributed by atoms with Gasteiger partial charge in [-0.05, 0) is 18.9 Å². The highest BCUT2D eigenvalue weighted by atomic mass is 127. The first-order valence-electron chi connectivity index (χ1n) is 7.49. The number of ether oxygens (including phenoxy) is 1. The van der Waals surface area contributed by atoms with Gasteiger partial charge in [0.05, 0.1) is 12.0 Å². The van der Waals surface area contributed by atoms with Crippen molar-refractivity contribution in [3.05, 3.63) is 12.7 Å². The van der Waals surface area contributed by atoms with Gasteiger partial charge in [-0.25, -0.2) is 0 Å². The van der Waals surface area contributed by atoms with Crippen LogP contribution < -0.4 is 0 Å². The number of carbonyl (C=O) groups is 2. The number of methoxy groups -OCH3 is 1. The van der Waals surface area contributed by atoms with Gasteiger partial charge in [0.2, 0.25) is 11.8 Å². The lowest BCUT2D eigenvalue weighted by molar-refractivity contribution is -0.145. The lowest BCUT2D eigenvalue weighted by Gasteiger charge is -2.40. The number of hydrogen-bond acceptors (Lipinski definition) is 3. The molecule has 7 heteroatoms. The number of carbonyl (C=O) groups excluding carboxylic acids is 2. The molecule has 0 N–H and O–H groups in total. The van der Waals surface area contributed by atoms with Gasteiger partial charge in [-0.2, -0.15) is 0 Å². The van der Waals surface area contributed by atoms with Crippen molar-refractivity contribution in [3.63, 3.8) is 0 Å². The van der Waals surface area contributed by atoms with Crippen molar-refractivity contribution in [1.29, 1.82) is 0 Å². The van der Waals surface area contributed by atoms with Crippen LogP contribution in [0.4, 0.5) is 0 Å². The largest absolute Gasteiger partial charge is 0.381 e. The number of nitrogens with zero attached hydrogens (tertiary/aromatic N) is 2. The van der Waals surface area contributed by atoms with Gasteiger partial charge in [-0.15, -0.1) is 11.6 Å². The molecule has 0 aromatic rings. The van der Waals surface area contributed by atoms with Crippen molar-refractivity contribution in [2.75, 3.05) is 33.3 Å². The molecule has 2 aliphatic rings. The molecule has 0 aromatic carbocycles. The van der Waals surface area contributed by atoms with E-state index in [1.165, 1.54) is 6.08 Å². The van der Waals surface area contributed by atoms with E-state index < -0.39 is 0 Å². The van der Waals surface area contributed by atoms with E-state index in [2.05, 4.69) is 29.2 Å². The van der Waals surface area contributed by atoms with Gasteiger partial charge in [0.15, 0.2) is 0 Å². The molecule has 2 amide bonds. The highest BCUT2D eigenvalue weighted by Gasteiger charge is 2.41. The van der Waals surface area contributed by atoms with Crippen molar-refractivity contribution in [3.8, 4) is 0 Å². The fourth-order valence-electron chi connectivity index (χ4n) is 3.11. The number of amides is 2. The number of alkyl halides is 2. The Labute approximate surface area is 150 Å². The summed E-state index contributed by atoms with van der Waals surface area (Å²) in [5, 5.41) is 0.0525. The van der Waals surface area contributed by atoms with E-state index in [-0.39, 0.29) is 33.1 Å². The summed E-state index contributed by atoms with van der Waals surface area (Å²) in [5.74, 6) is -0.0804. The van der Waals surface area contributed by atoms with E-state index in [4.69, 9.17) is 16.3 Å². The molecule has 1 saturated heterocycles. The van der Waals surface area contributed by atoms with E-state index >= 15 is 0 Å². The molecule has 1 aliphatic carbocycles. The van der Waals surface area contributed by atoms with Crippen LogP contribution in [0.3, 0.4) is 0 Å². The van der Waals surface area contributed by atoms with Crippen molar-refractivity contribution in [2.45, 2.75) is 28.2 Å². The maximum absolute atomic E-state index is 12.8. The Balaban J connectivity index is 1.96. The minimum Gasteiger partial charge on any atom is -0.381 e. The summed E-state index contributed by atoms with van der Waals surface area (Å²) in [6.07, 6.45) is 2.66. The Morgan fingerprint density at radius 3 is 2.36 bits per heavy atom. The second-order valence-corrected chi connectivity index (χ2v) is 7.90. The van der Waals surface area contributed by atoms with E-state index in [9.17, 15) is 9.59 Å². The van der Waals surface area contributed by atoms with Gasteiger partial charge in [-0.3, -0.25) is 9.59 Å². The molecule has 1 heterocycles. The topological polar surface area (TPSA) is 49.9 Å². The van der Waals surface area contributed by atoms with E-state index in [1.807, 2.05) is 4.90 Å². The van der Waals surface area contributed by atoms with Gasteiger partial charge < -0.3 is 14.5 Å². The van der Waals surface area contributed by atoms with Crippen LogP contribution in [-0.4, -0.2) is 70.3 Å². The number of hydrogen-bond donors (Lipinski definition) is 0. The highest BCUT2D eigenvalue weighted by molar-refractivity contribution is 14.1. The van der Waals surface area contributed by atoms with Crippen LogP contribution in [-0.2, 0) is 14.3 Å². The van der Waals surface area contributed by atoms with Crippen LogP contribution in [0.15, 0.2) is 12.7 Å². The molecular formula is C15H22ClIN2O3. The van der Waals surface area contributed by atoms with Gasteiger partial charge in [0, 0.05) is 42.6 Å². The quantitative estimate of drug-likeness (QED) is 0.381. The molecule has 0 bridgehead atoms. The van der Waals surface area contributed by atoms with Crippen molar-refractivity contribution >= 4 is 46.0 Å². The fraction of sp³-hybridized carbons (Fsp3) is 0.733. The number of rotatable bonds is 3. The molecule has 2 fully saturated rings. The van der Waals surface area contributed by atoms with Crippen LogP contribution in [0.25, 0.3) is 0 Å². The predicted molar refractivity (Wildman–Crippen MR) is 94.3 cm³/mol. The summed E-state index contributed by atoms with van der Waals surface area (Å²) >= 11 is 8.62. The third-order valence-electron chi connectivity index (χ3n) is 4.48. The molecule has 0 aromatic heterocycles. The Morgan fingerprint density at radius 2 is 1.82 bits per heavy atom. The monoisotopic (exact) mass is 440 g/mol. The van der Waals surface area contributed by atoms with Crippen LogP contribution in [0, 0.1) is 5.92 Å². The first-order chi connectivity index (χ1) is 10.5. The Kier molecular flexibility index (Phi) is 6.52. The Hall–Kier alpha value is -0.340. The lowest BCUT2D eigenvalue weighted by atomic mass is 9.85. The van der Waals surface area contributed by atoms with E-state index in [0.29, 0.717) is 32.6 Å². The SMILES string of the molecule is C=CC(=O)N1CCN(C(=O)C2CC(I)C(Cl)CC2OC)CC1. The summed E-state index contributed by atoms with van der Waals surface area (Å²) in [6.45, 7) is 5.76. The minimum absolute atomic E-state index is 0.0525. The molecule has 4 atom stereocenters. The van der Waals surface area contributed by atoms with Crippen molar-refractivity contribution < 1.29 is 14.3 Å². The highest BCUT2D eigenvalue weighted by Crippen LogP contribution is 2.35. The summed E-state index contributed by atoms with van der Waals surface area (Å²) in [6, 6.07) is 0. The van der Waals surface area contributed by atoms with E-state index in [0.717, 1.165) is 6.42 Å². The second kappa shape index (κ2) is 7.97. The second-order valence-electron chi connectivity index (χ2n) is 5.74. The maximum Gasteiger partial charge on any atom is 0.246 e. The maximum atomic E-state index is 12.8. The zero-order valence-electron chi connectivity index (χ0n) is 12.7.